The highest BCUT2D eigenvalue weighted by Gasteiger charge is 2.37. The van der Waals surface area contributed by atoms with Crippen molar-refractivity contribution in [2.75, 3.05) is 48.2 Å². The van der Waals surface area contributed by atoms with Crippen molar-refractivity contribution in [2.24, 2.45) is 0 Å². The number of amides is 1. The van der Waals surface area contributed by atoms with Crippen LogP contribution < -0.4 is 15.4 Å². The van der Waals surface area contributed by atoms with E-state index in [-0.39, 0.29) is 30.2 Å². The van der Waals surface area contributed by atoms with Crippen LogP contribution in [0.4, 0.5) is 30.2 Å². The molecule has 1 saturated carbocycles. The Morgan fingerprint density at radius 2 is 1.66 bits per heavy atom. The van der Waals surface area contributed by atoms with Gasteiger partial charge in [-0.2, -0.15) is 13.2 Å². The molecule has 1 amide bonds. The average Bonchev–Trinajstić information content (AvgIpc) is 2.90. The molecule has 2 aromatic carbocycles. The molecule has 4 rings (SSSR count). The number of ether oxygens (including phenoxy) is 1. The lowest BCUT2D eigenvalue weighted by molar-refractivity contribution is -0.139. The van der Waals surface area contributed by atoms with Crippen LogP contribution in [-0.4, -0.2) is 66.2 Å². The lowest BCUT2D eigenvalue weighted by Gasteiger charge is -2.36. The molecular formula is C27H35F3N4O4. The third-order valence-electron chi connectivity index (χ3n) is 7.60. The van der Waals surface area contributed by atoms with Gasteiger partial charge in [-0.3, -0.25) is 15.2 Å². The minimum Gasteiger partial charge on any atom is -0.382 e. The predicted molar refractivity (Wildman–Crippen MR) is 138 cm³/mol. The van der Waals surface area contributed by atoms with Crippen molar-refractivity contribution in [3.8, 4) is 0 Å². The molecule has 11 heteroatoms. The maximum Gasteiger partial charge on any atom is 0.418 e. The van der Waals surface area contributed by atoms with Gasteiger partial charge in [0.25, 0.3) is 0 Å². The van der Waals surface area contributed by atoms with Gasteiger partial charge in [0, 0.05) is 43.6 Å². The molecule has 38 heavy (non-hydrogen) atoms. The number of benzene rings is 2. The topological polar surface area (TPSA) is 88.5 Å². The molecule has 3 N–H and O–H groups in total. The quantitative estimate of drug-likeness (QED) is 0.430. The van der Waals surface area contributed by atoms with Gasteiger partial charge >= 0.3 is 6.18 Å². The van der Waals surface area contributed by atoms with E-state index >= 15 is 0 Å². The number of carbonyl (C=O) groups is 1. The summed E-state index contributed by atoms with van der Waals surface area (Å²) in [6, 6.07) is 11.0. The van der Waals surface area contributed by atoms with E-state index in [2.05, 4.69) is 22.3 Å². The molecule has 1 heterocycles. The summed E-state index contributed by atoms with van der Waals surface area (Å²) in [5.74, 6) is -0.0226. The first-order chi connectivity index (χ1) is 18.0. The van der Waals surface area contributed by atoms with Crippen LogP contribution in [0.1, 0.15) is 42.4 Å². The van der Waals surface area contributed by atoms with Crippen molar-refractivity contribution in [3.05, 3.63) is 53.1 Å². The summed E-state index contributed by atoms with van der Waals surface area (Å²) < 4.78 is 46.7. The number of para-hydroxylation sites is 1. The van der Waals surface area contributed by atoms with Gasteiger partial charge in [-0.1, -0.05) is 18.2 Å². The lowest BCUT2D eigenvalue weighted by Crippen LogP contribution is -2.50. The molecule has 0 bridgehead atoms. The van der Waals surface area contributed by atoms with Crippen LogP contribution in [0.2, 0.25) is 0 Å². The first-order valence-electron chi connectivity index (χ1n) is 12.9. The Morgan fingerprint density at radius 1 is 1.03 bits per heavy atom. The Labute approximate surface area is 220 Å². The van der Waals surface area contributed by atoms with Crippen molar-refractivity contribution >= 4 is 23.0 Å². The molecule has 2 aliphatic rings. The molecule has 208 valence electrons. The van der Waals surface area contributed by atoms with Crippen LogP contribution in [-0.2, 0) is 15.7 Å². The summed E-state index contributed by atoms with van der Waals surface area (Å²) in [6.45, 7) is 5.94. The smallest absolute Gasteiger partial charge is 0.382 e. The monoisotopic (exact) mass is 536 g/mol. The lowest BCUT2D eigenvalue weighted by atomic mass is 9.92. The van der Waals surface area contributed by atoms with Gasteiger partial charge in [-0.15, -0.1) is 5.23 Å². The third kappa shape index (κ3) is 6.51. The van der Waals surface area contributed by atoms with Crippen LogP contribution >= 0.6 is 0 Å². The predicted octanol–water partition coefficient (Wildman–Crippen LogP) is 5.00. The molecule has 2 aromatic rings. The highest BCUT2D eigenvalue weighted by Crippen LogP contribution is 2.42. The SMILES string of the molecule is Cc1c(NC2CCC(OCC(=O)N3CCN(c4ccccc4)CC3)CC2)cc(C(F)(F)F)c(N(O)O)c1C. The number of carbonyl (C=O) groups excluding carboxylic acids is 1. The van der Waals surface area contributed by atoms with Gasteiger partial charge in [0.1, 0.15) is 12.3 Å². The van der Waals surface area contributed by atoms with Crippen LogP contribution in [0.25, 0.3) is 0 Å². The minimum atomic E-state index is -4.75. The number of rotatable bonds is 7. The number of anilines is 3. The fourth-order valence-electron chi connectivity index (χ4n) is 5.25. The van der Waals surface area contributed by atoms with Gasteiger partial charge in [-0.25, -0.2) is 0 Å². The van der Waals surface area contributed by atoms with Gasteiger partial charge in [0.05, 0.1) is 11.7 Å². The summed E-state index contributed by atoms with van der Waals surface area (Å²) >= 11 is 0. The number of hydrogen-bond acceptors (Lipinski definition) is 7. The van der Waals surface area contributed by atoms with E-state index in [9.17, 15) is 28.4 Å². The molecule has 1 aliphatic heterocycles. The minimum absolute atomic E-state index is 0.0226. The third-order valence-corrected chi connectivity index (χ3v) is 7.60. The van der Waals surface area contributed by atoms with Gasteiger partial charge in [0.2, 0.25) is 5.91 Å². The molecule has 1 aliphatic carbocycles. The summed E-state index contributed by atoms with van der Waals surface area (Å²) in [5.41, 5.74) is 0.317. The van der Waals surface area contributed by atoms with Gasteiger partial charge in [-0.05, 0) is 68.9 Å². The van der Waals surface area contributed by atoms with Gasteiger partial charge in [0.15, 0.2) is 0 Å². The Morgan fingerprint density at radius 3 is 2.24 bits per heavy atom. The Bertz CT molecular complexity index is 1100. The molecule has 8 nitrogen and oxygen atoms in total. The molecule has 0 radical (unpaired) electrons. The van der Waals surface area contributed by atoms with Crippen LogP contribution in [0, 0.1) is 13.8 Å². The van der Waals surface area contributed by atoms with Crippen molar-refractivity contribution in [3.63, 3.8) is 0 Å². The molecule has 0 unspecified atom stereocenters. The van der Waals surface area contributed by atoms with Gasteiger partial charge < -0.3 is 19.9 Å². The molecule has 1 saturated heterocycles. The number of halogens is 3. The van der Waals surface area contributed by atoms with E-state index in [1.165, 1.54) is 6.92 Å². The summed E-state index contributed by atoms with van der Waals surface area (Å²) in [5, 5.41) is 21.5. The number of nitrogens with zero attached hydrogens (tertiary/aromatic N) is 3. The van der Waals surface area contributed by atoms with Crippen LogP contribution in [0.15, 0.2) is 36.4 Å². The number of piperazine rings is 1. The zero-order valence-corrected chi connectivity index (χ0v) is 21.7. The van der Waals surface area contributed by atoms with Crippen molar-refractivity contribution in [1.29, 1.82) is 0 Å². The Balaban J connectivity index is 1.25. The zero-order chi connectivity index (χ0) is 27.4. The molecular weight excluding hydrogens is 501 g/mol. The number of nitrogens with one attached hydrogen (secondary N) is 1. The second-order valence-corrected chi connectivity index (χ2v) is 9.99. The maximum absolute atomic E-state index is 13.6. The standard InChI is InChI=1S/C27H35F3N4O4/c1-18-19(2)26(34(36)37)23(27(28,29)30)16-24(18)31-20-8-10-22(11-9-20)38-17-25(35)33-14-12-32(13-15-33)21-6-4-3-5-7-21/h3-7,16,20,22,31,36-37H,8-15,17H2,1-2H3. The number of hydrogen-bond donors (Lipinski definition) is 3. The van der Waals surface area contributed by atoms with E-state index in [0.29, 0.717) is 50.0 Å². The molecule has 0 atom stereocenters. The van der Waals surface area contributed by atoms with E-state index < -0.39 is 22.7 Å². The normalized spacial score (nSPS) is 20.4. The largest absolute Gasteiger partial charge is 0.418 e. The van der Waals surface area contributed by atoms with Crippen LogP contribution in [0.3, 0.4) is 0 Å². The Kier molecular flexibility index (Phi) is 8.69. The first-order valence-corrected chi connectivity index (χ1v) is 12.9. The van der Waals surface area contributed by atoms with E-state index in [1.54, 1.807) is 6.92 Å². The fourth-order valence-corrected chi connectivity index (χ4v) is 5.25. The molecule has 0 aromatic heterocycles. The van der Waals surface area contributed by atoms with Crippen molar-refractivity contribution in [2.45, 2.75) is 57.9 Å². The number of alkyl halides is 3. The zero-order valence-electron chi connectivity index (χ0n) is 21.7. The maximum atomic E-state index is 13.6. The molecule has 2 fully saturated rings. The van der Waals surface area contributed by atoms with E-state index in [1.807, 2.05) is 23.1 Å². The van der Waals surface area contributed by atoms with Crippen molar-refractivity contribution < 1.29 is 33.1 Å². The first kappa shape index (κ1) is 28.0. The highest BCUT2D eigenvalue weighted by molar-refractivity contribution is 5.77. The molecule has 0 spiro atoms. The summed E-state index contributed by atoms with van der Waals surface area (Å²) in [6.07, 6.45) is -2.08. The second-order valence-electron chi connectivity index (χ2n) is 9.99. The second kappa shape index (κ2) is 11.8. The van der Waals surface area contributed by atoms with Crippen molar-refractivity contribution in [1.82, 2.24) is 4.90 Å². The fraction of sp³-hybridized carbons (Fsp3) is 0.519. The van der Waals surface area contributed by atoms with E-state index in [4.69, 9.17) is 4.74 Å². The summed E-state index contributed by atoms with van der Waals surface area (Å²) in [7, 11) is 0. The Hall–Kier alpha value is -3.02. The van der Waals surface area contributed by atoms with Crippen LogP contribution in [0.5, 0.6) is 0 Å². The average molecular weight is 537 g/mol. The summed E-state index contributed by atoms with van der Waals surface area (Å²) in [4.78, 5) is 16.8. The highest BCUT2D eigenvalue weighted by atomic mass is 19.4. The van der Waals surface area contributed by atoms with E-state index in [0.717, 1.165) is 24.8 Å².